The summed E-state index contributed by atoms with van der Waals surface area (Å²) < 4.78 is 1.47. The van der Waals surface area contributed by atoms with Crippen molar-refractivity contribution in [2.45, 2.75) is 57.4 Å². The summed E-state index contributed by atoms with van der Waals surface area (Å²) in [6.45, 7) is 5.04. The predicted octanol–water partition coefficient (Wildman–Crippen LogP) is 5.79. The molecule has 1 atom stereocenters. The van der Waals surface area contributed by atoms with Crippen molar-refractivity contribution >= 4 is 21.4 Å². The van der Waals surface area contributed by atoms with Crippen LogP contribution in [-0.2, 0) is 5.54 Å². The highest BCUT2D eigenvalue weighted by Gasteiger charge is 2.41. The van der Waals surface area contributed by atoms with Crippen LogP contribution in [0.1, 0.15) is 56.7 Å². The first-order chi connectivity index (χ1) is 10.8. The molecule has 1 aliphatic carbocycles. The number of rotatable bonds is 2. The summed E-state index contributed by atoms with van der Waals surface area (Å²) in [6.07, 6.45) is 9.76. The van der Waals surface area contributed by atoms with Crippen LogP contribution in [0.3, 0.4) is 0 Å². The van der Waals surface area contributed by atoms with Gasteiger partial charge in [-0.05, 0) is 55.7 Å². The molecule has 0 radical (unpaired) electrons. The molecule has 1 saturated carbocycles. The number of nitrogens with zero attached hydrogens (tertiary/aromatic N) is 1. The number of piperidine rings is 1. The summed E-state index contributed by atoms with van der Waals surface area (Å²) >= 11 is 2.06. The Kier molecular flexibility index (Phi) is 4.00. The Hall–Kier alpha value is -0.860. The molecule has 2 heteroatoms. The van der Waals surface area contributed by atoms with Crippen LogP contribution in [0.2, 0.25) is 0 Å². The Morgan fingerprint density at radius 3 is 2.68 bits per heavy atom. The van der Waals surface area contributed by atoms with E-state index in [2.05, 4.69) is 53.5 Å². The van der Waals surface area contributed by atoms with Crippen molar-refractivity contribution in [1.29, 1.82) is 0 Å². The zero-order valence-corrected chi connectivity index (χ0v) is 14.5. The molecule has 2 fully saturated rings. The Balaban J connectivity index is 1.76. The molecule has 2 aromatic rings. The van der Waals surface area contributed by atoms with Gasteiger partial charge in [0.05, 0.1) is 5.54 Å². The predicted molar refractivity (Wildman–Crippen MR) is 96.6 cm³/mol. The molecule has 1 nitrogen and oxygen atoms in total. The maximum Gasteiger partial charge on any atom is 0.0554 e. The van der Waals surface area contributed by atoms with Crippen LogP contribution in [0.4, 0.5) is 0 Å². The molecule has 2 aliphatic rings. The van der Waals surface area contributed by atoms with E-state index in [0.29, 0.717) is 5.54 Å². The maximum absolute atomic E-state index is 2.87. The summed E-state index contributed by atoms with van der Waals surface area (Å²) in [7, 11) is 0. The van der Waals surface area contributed by atoms with E-state index < -0.39 is 0 Å². The van der Waals surface area contributed by atoms with Gasteiger partial charge in [0.15, 0.2) is 0 Å². The van der Waals surface area contributed by atoms with Crippen LogP contribution in [0.15, 0.2) is 30.3 Å². The minimum Gasteiger partial charge on any atom is -0.293 e. The van der Waals surface area contributed by atoms with Gasteiger partial charge in [-0.25, -0.2) is 0 Å². The van der Waals surface area contributed by atoms with E-state index in [9.17, 15) is 0 Å². The molecule has 4 rings (SSSR count). The largest absolute Gasteiger partial charge is 0.293 e. The van der Waals surface area contributed by atoms with Crippen LogP contribution in [-0.4, -0.2) is 18.0 Å². The summed E-state index contributed by atoms with van der Waals surface area (Å²) in [4.78, 5) is 4.51. The van der Waals surface area contributed by atoms with E-state index in [-0.39, 0.29) is 0 Å². The van der Waals surface area contributed by atoms with Crippen molar-refractivity contribution in [3.8, 4) is 0 Å². The lowest BCUT2D eigenvalue weighted by molar-refractivity contribution is 0.0166. The van der Waals surface area contributed by atoms with Crippen molar-refractivity contribution in [2.75, 3.05) is 13.1 Å². The molecule has 0 bridgehead atoms. The molecule has 1 aliphatic heterocycles. The fourth-order valence-corrected chi connectivity index (χ4v) is 5.98. The van der Waals surface area contributed by atoms with Gasteiger partial charge >= 0.3 is 0 Å². The summed E-state index contributed by atoms with van der Waals surface area (Å²) in [5.74, 6) is 0.863. The first kappa shape index (κ1) is 14.7. The van der Waals surface area contributed by atoms with Crippen molar-refractivity contribution < 1.29 is 0 Å². The van der Waals surface area contributed by atoms with Crippen LogP contribution in [0.5, 0.6) is 0 Å². The van der Waals surface area contributed by atoms with Gasteiger partial charge in [0.25, 0.3) is 0 Å². The Morgan fingerprint density at radius 2 is 1.91 bits per heavy atom. The lowest BCUT2D eigenvalue weighted by Gasteiger charge is -2.49. The van der Waals surface area contributed by atoms with Crippen molar-refractivity contribution in [3.63, 3.8) is 0 Å². The van der Waals surface area contributed by atoms with Gasteiger partial charge in [-0.15, -0.1) is 11.3 Å². The molecule has 1 aromatic carbocycles. The highest BCUT2D eigenvalue weighted by Crippen LogP contribution is 2.47. The molecule has 0 unspecified atom stereocenters. The molecule has 1 saturated heterocycles. The first-order valence-electron chi connectivity index (χ1n) is 9.02. The number of hydrogen-bond acceptors (Lipinski definition) is 2. The van der Waals surface area contributed by atoms with E-state index in [1.807, 2.05) is 0 Å². The van der Waals surface area contributed by atoms with Crippen LogP contribution >= 0.6 is 11.3 Å². The Morgan fingerprint density at radius 1 is 1.09 bits per heavy atom. The number of thiophene rings is 1. The third-order valence-corrected chi connectivity index (χ3v) is 7.14. The topological polar surface area (TPSA) is 3.24 Å². The van der Waals surface area contributed by atoms with Crippen LogP contribution in [0, 0.1) is 5.92 Å². The van der Waals surface area contributed by atoms with E-state index >= 15 is 0 Å². The van der Waals surface area contributed by atoms with Crippen LogP contribution in [0.25, 0.3) is 10.1 Å². The van der Waals surface area contributed by atoms with E-state index in [4.69, 9.17) is 0 Å². The molecular weight excluding hydrogens is 286 g/mol. The fourth-order valence-electron chi connectivity index (χ4n) is 4.64. The third kappa shape index (κ3) is 2.51. The Bertz CT molecular complexity index is 605. The van der Waals surface area contributed by atoms with Crippen molar-refractivity contribution in [2.24, 2.45) is 5.92 Å². The van der Waals surface area contributed by atoms with Gasteiger partial charge in [-0.3, -0.25) is 4.90 Å². The minimum absolute atomic E-state index is 0.344. The standard InChI is InChI=1S/C20H27NS/c1-16-8-7-13-21(15-16)20(11-5-2-6-12-20)19-14-17-9-3-4-10-18(17)22-19/h3-4,9-10,14,16H,2,5-8,11-13,15H2,1H3/t16-/m1/s1. The molecule has 118 valence electrons. The molecule has 0 spiro atoms. The monoisotopic (exact) mass is 313 g/mol. The number of likely N-dealkylation sites (tertiary alicyclic amines) is 1. The summed E-state index contributed by atoms with van der Waals surface area (Å²) in [5, 5.41) is 1.44. The molecule has 22 heavy (non-hydrogen) atoms. The van der Waals surface area contributed by atoms with Crippen molar-refractivity contribution in [1.82, 2.24) is 4.90 Å². The lowest BCUT2D eigenvalue weighted by atomic mass is 9.77. The lowest BCUT2D eigenvalue weighted by Crippen LogP contribution is -2.51. The van der Waals surface area contributed by atoms with Gasteiger partial charge in [0.2, 0.25) is 0 Å². The SMILES string of the molecule is C[C@@H]1CCCN(C2(c3cc4ccccc4s3)CCCCC2)C1. The highest BCUT2D eigenvalue weighted by atomic mass is 32.1. The van der Waals surface area contributed by atoms with Gasteiger partial charge < -0.3 is 0 Å². The van der Waals surface area contributed by atoms with E-state index in [0.717, 1.165) is 5.92 Å². The average molecular weight is 314 g/mol. The second-order valence-corrected chi connectivity index (χ2v) is 8.52. The number of benzene rings is 1. The molecule has 0 N–H and O–H groups in total. The van der Waals surface area contributed by atoms with E-state index in [1.54, 1.807) is 4.88 Å². The second-order valence-electron chi connectivity index (χ2n) is 7.43. The summed E-state index contributed by atoms with van der Waals surface area (Å²) in [6, 6.07) is 11.4. The third-order valence-electron chi connectivity index (χ3n) is 5.83. The van der Waals surface area contributed by atoms with Gasteiger partial charge in [-0.1, -0.05) is 44.4 Å². The first-order valence-corrected chi connectivity index (χ1v) is 9.84. The van der Waals surface area contributed by atoms with Gasteiger partial charge in [0.1, 0.15) is 0 Å². The fraction of sp³-hybridized carbons (Fsp3) is 0.600. The number of hydrogen-bond donors (Lipinski definition) is 0. The molecular formula is C20H27NS. The number of fused-ring (bicyclic) bond motifs is 1. The molecule has 0 amide bonds. The normalized spacial score (nSPS) is 26.3. The maximum atomic E-state index is 2.87. The highest BCUT2D eigenvalue weighted by molar-refractivity contribution is 7.19. The second kappa shape index (κ2) is 5.98. The minimum atomic E-state index is 0.344. The van der Waals surface area contributed by atoms with Crippen molar-refractivity contribution in [3.05, 3.63) is 35.2 Å². The molecule has 1 aromatic heterocycles. The summed E-state index contributed by atoms with van der Waals surface area (Å²) in [5.41, 5.74) is 0.344. The molecule has 2 heterocycles. The Labute approximate surface area is 138 Å². The van der Waals surface area contributed by atoms with Crippen LogP contribution < -0.4 is 0 Å². The zero-order valence-electron chi connectivity index (χ0n) is 13.7. The zero-order chi connectivity index (χ0) is 15.0. The van der Waals surface area contributed by atoms with Gasteiger partial charge in [-0.2, -0.15) is 0 Å². The smallest absolute Gasteiger partial charge is 0.0554 e. The quantitative estimate of drug-likeness (QED) is 0.678. The van der Waals surface area contributed by atoms with E-state index in [1.165, 1.54) is 68.1 Å². The average Bonchev–Trinajstić information content (AvgIpc) is 3.00. The van der Waals surface area contributed by atoms with Gasteiger partial charge in [0, 0.05) is 16.1 Å².